The van der Waals surface area contributed by atoms with Crippen LogP contribution in [0.25, 0.3) is 0 Å². The molecule has 2 rings (SSSR count). The number of nitrogens with zero attached hydrogens (tertiary/aromatic N) is 1. The minimum atomic E-state index is -3.74. The number of anilines is 2. The number of methoxy groups -OCH3 is 2. The molecule has 0 aromatic heterocycles. The zero-order valence-corrected chi connectivity index (χ0v) is 18.1. The van der Waals surface area contributed by atoms with Crippen molar-refractivity contribution in [3.8, 4) is 11.5 Å². The van der Waals surface area contributed by atoms with E-state index >= 15 is 0 Å². The lowest BCUT2D eigenvalue weighted by atomic mass is 10.1. The highest BCUT2D eigenvalue weighted by Crippen LogP contribution is 2.33. The van der Waals surface area contributed by atoms with Gasteiger partial charge in [0, 0.05) is 11.8 Å². The summed E-state index contributed by atoms with van der Waals surface area (Å²) in [5, 5.41) is 2.75. The van der Waals surface area contributed by atoms with Crippen LogP contribution in [0.5, 0.6) is 11.5 Å². The lowest BCUT2D eigenvalue weighted by molar-refractivity contribution is -0.114. The Morgan fingerprint density at radius 2 is 1.76 bits per heavy atom. The van der Waals surface area contributed by atoms with Gasteiger partial charge in [0.2, 0.25) is 15.9 Å². The maximum absolute atomic E-state index is 12.6. The molecule has 0 spiro atoms. The number of hydrogen-bond donors (Lipinski definition) is 1. The molecule has 0 aliphatic rings. The minimum absolute atomic E-state index is 0.236. The van der Waals surface area contributed by atoms with Crippen molar-refractivity contribution in [1.29, 1.82) is 0 Å². The van der Waals surface area contributed by atoms with E-state index in [1.165, 1.54) is 25.8 Å². The average molecular weight is 421 g/mol. The summed E-state index contributed by atoms with van der Waals surface area (Å²) >= 11 is 0. The summed E-state index contributed by atoms with van der Waals surface area (Å²) < 4.78 is 36.2. The third kappa shape index (κ3) is 6.39. The van der Waals surface area contributed by atoms with E-state index in [0.717, 1.165) is 29.8 Å². The fraction of sp³-hybridized carbons (Fsp3) is 0.381. The number of ether oxygens (including phenoxy) is 2. The largest absolute Gasteiger partial charge is 0.497 e. The van der Waals surface area contributed by atoms with Crippen LogP contribution in [0.4, 0.5) is 11.4 Å². The van der Waals surface area contributed by atoms with Gasteiger partial charge in [0.05, 0.1) is 26.2 Å². The van der Waals surface area contributed by atoms with E-state index in [1.54, 1.807) is 12.1 Å². The van der Waals surface area contributed by atoms with Gasteiger partial charge in [-0.3, -0.25) is 9.10 Å². The lowest BCUT2D eigenvalue weighted by Crippen LogP contribution is -2.37. The molecule has 7 nitrogen and oxygen atoms in total. The molecule has 0 saturated carbocycles. The highest BCUT2D eigenvalue weighted by atomic mass is 32.2. The van der Waals surface area contributed by atoms with Crippen molar-refractivity contribution < 1.29 is 22.7 Å². The Morgan fingerprint density at radius 1 is 1.07 bits per heavy atom. The second kappa shape index (κ2) is 10.2. The fourth-order valence-electron chi connectivity index (χ4n) is 2.84. The molecule has 0 fully saturated rings. The number of carbonyl (C=O) groups excluding carboxylic acids is 1. The van der Waals surface area contributed by atoms with Gasteiger partial charge >= 0.3 is 0 Å². The summed E-state index contributed by atoms with van der Waals surface area (Å²) in [6.07, 6.45) is 4.26. The maximum Gasteiger partial charge on any atom is 0.245 e. The van der Waals surface area contributed by atoms with E-state index in [-0.39, 0.29) is 12.2 Å². The van der Waals surface area contributed by atoms with Crippen molar-refractivity contribution in [3.05, 3.63) is 48.0 Å². The summed E-state index contributed by atoms with van der Waals surface area (Å²) in [6, 6.07) is 12.3. The number of hydrogen-bond acceptors (Lipinski definition) is 5. The third-order valence-corrected chi connectivity index (χ3v) is 5.53. The highest BCUT2D eigenvalue weighted by molar-refractivity contribution is 7.92. The van der Waals surface area contributed by atoms with Gasteiger partial charge in [0.1, 0.15) is 18.0 Å². The molecular weight excluding hydrogens is 392 g/mol. The van der Waals surface area contributed by atoms with Crippen LogP contribution in [0.1, 0.15) is 25.3 Å². The molecule has 1 N–H and O–H groups in total. The predicted molar refractivity (Wildman–Crippen MR) is 115 cm³/mol. The van der Waals surface area contributed by atoms with Crippen LogP contribution in [0, 0.1) is 0 Å². The van der Waals surface area contributed by atoms with Crippen LogP contribution in [-0.2, 0) is 21.2 Å². The van der Waals surface area contributed by atoms with E-state index in [2.05, 4.69) is 12.2 Å². The SMILES string of the molecule is CCCCc1ccc(NC(=O)CN(c2cc(OC)ccc2OC)S(C)(=O)=O)cc1. The Bertz CT molecular complexity index is 927. The molecule has 29 heavy (non-hydrogen) atoms. The van der Waals surface area contributed by atoms with Crippen molar-refractivity contribution in [2.45, 2.75) is 26.2 Å². The molecule has 0 bridgehead atoms. The van der Waals surface area contributed by atoms with E-state index in [4.69, 9.17) is 9.47 Å². The molecule has 8 heteroatoms. The first-order chi connectivity index (χ1) is 13.8. The van der Waals surface area contributed by atoms with Crippen LogP contribution in [0.2, 0.25) is 0 Å². The number of carbonyl (C=O) groups is 1. The van der Waals surface area contributed by atoms with Gasteiger partial charge in [0.15, 0.2) is 0 Å². The minimum Gasteiger partial charge on any atom is -0.497 e. The molecule has 2 aromatic rings. The van der Waals surface area contributed by atoms with Crippen LogP contribution < -0.4 is 19.1 Å². The monoisotopic (exact) mass is 420 g/mol. The molecule has 0 radical (unpaired) electrons. The van der Waals surface area contributed by atoms with Crippen LogP contribution in [0.3, 0.4) is 0 Å². The Balaban J connectivity index is 2.20. The second-order valence-electron chi connectivity index (χ2n) is 6.66. The van der Waals surface area contributed by atoms with Crippen molar-refractivity contribution in [1.82, 2.24) is 0 Å². The van der Waals surface area contributed by atoms with E-state index in [0.29, 0.717) is 17.2 Å². The molecule has 2 aromatic carbocycles. The average Bonchev–Trinajstić information content (AvgIpc) is 2.70. The summed E-state index contributed by atoms with van der Waals surface area (Å²) in [5.41, 5.74) is 2.05. The number of nitrogens with one attached hydrogen (secondary N) is 1. The zero-order chi connectivity index (χ0) is 21.4. The molecule has 1 amide bonds. The summed E-state index contributed by atoms with van der Waals surface area (Å²) in [4.78, 5) is 12.6. The van der Waals surface area contributed by atoms with Gasteiger partial charge < -0.3 is 14.8 Å². The third-order valence-electron chi connectivity index (χ3n) is 4.40. The number of unbranched alkanes of at least 4 members (excludes halogenated alkanes) is 1. The van der Waals surface area contributed by atoms with Gasteiger partial charge in [-0.2, -0.15) is 0 Å². The van der Waals surface area contributed by atoms with E-state index in [9.17, 15) is 13.2 Å². The van der Waals surface area contributed by atoms with Crippen molar-refractivity contribution >= 4 is 27.3 Å². The molecule has 0 aliphatic heterocycles. The smallest absolute Gasteiger partial charge is 0.245 e. The number of benzene rings is 2. The lowest BCUT2D eigenvalue weighted by Gasteiger charge is -2.24. The number of sulfonamides is 1. The summed E-state index contributed by atoms with van der Waals surface area (Å²) in [5.74, 6) is 0.323. The first-order valence-electron chi connectivity index (χ1n) is 9.37. The van der Waals surface area contributed by atoms with Crippen molar-refractivity contribution in [3.63, 3.8) is 0 Å². The Morgan fingerprint density at radius 3 is 2.31 bits per heavy atom. The summed E-state index contributed by atoms with van der Waals surface area (Å²) in [6.45, 7) is 1.75. The molecule has 0 atom stereocenters. The molecule has 0 saturated heterocycles. The molecule has 0 unspecified atom stereocenters. The van der Waals surface area contributed by atoms with Crippen LogP contribution in [-0.4, -0.2) is 41.3 Å². The topological polar surface area (TPSA) is 84.9 Å². The van der Waals surface area contributed by atoms with Gasteiger partial charge in [0.25, 0.3) is 0 Å². The molecule has 0 heterocycles. The Labute approximate surface area is 172 Å². The first kappa shape index (κ1) is 22.5. The molecule has 158 valence electrons. The predicted octanol–water partition coefficient (Wildman–Crippen LogP) is 3.45. The number of rotatable bonds is 10. The molecular formula is C21H28N2O5S. The van der Waals surface area contributed by atoms with Crippen LogP contribution >= 0.6 is 0 Å². The Hall–Kier alpha value is -2.74. The zero-order valence-electron chi connectivity index (χ0n) is 17.3. The van der Waals surface area contributed by atoms with E-state index < -0.39 is 15.9 Å². The highest BCUT2D eigenvalue weighted by Gasteiger charge is 2.24. The van der Waals surface area contributed by atoms with E-state index in [1.807, 2.05) is 24.3 Å². The Kier molecular flexibility index (Phi) is 7.90. The van der Waals surface area contributed by atoms with Gasteiger partial charge in [-0.25, -0.2) is 8.42 Å². The van der Waals surface area contributed by atoms with Gasteiger partial charge in [-0.05, 0) is 42.7 Å². The standard InChI is InChI=1S/C21H28N2O5S/c1-5-6-7-16-8-10-17(11-9-16)22-21(24)15-23(29(4,25)26)19-14-18(27-2)12-13-20(19)28-3/h8-14H,5-7,15H2,1-4H3,(H,22,24). The normalized spacial score (nSPS) is 11.0. The first-order valence-corrected chi connectivity index (χ1v) is 11.2. The summed E-state index contributed by atoms with van der Waals surface area (Å²) in [7, 11) is -0.827. The van der Waals surface area contributed by atoms with Crippen LogP contribution in [0.15, 0.2) is 42.5 Å². The van der Waals surface area contributed by atoms with Gasteiger partial charge in [-0.1, -0.05) is 25.5 Å². The maximum atomic E-state index is 12.6. The molecule has 0 aliphatic carbocycles. The van der Waals surface area contributed by atoms with Gasteiger partial charge in [-0.15, -0.1) is 0 Å². The second-order valence-corrected chi connectivity index (χ2v) is 8.56. The number of amides is 1. The van der Waals surface area contributed by atoms with Crippen molar-refractivity contribution in [2.24, 2.45) is 0 Å². The fourth-order valence-corrected chi connectivity index (χ4v) is 3.69. The quantitative estimate of drug-likeness (QED) is 0.636. The number of aryl methyl sites for hydroxylation is 1. The van der Waals surface area contributed by atoms with Crippen molar-refractivity contribution in [2.75, 3.05) is 36.6 Å².